The lowest BCUT2D eigenvalue weighted by atomic mass is 9.90. The van der Waals surface area contributed by atoms with Crippen molar-refractivity contribution in [1.29, 1.82) is 0 Å². The highest BCUT2D eigenvalue weighted by Crippen LogP contribution is 2.24. The third-order valence-electron chi connectivity index (χ3n) is 3.43. The molecule has 0 saturated heterocycles. The van der Waals surface area contributed by atoms with E-state index < -0.39 is 5.97 Å². The Balaban J connectivity index is 2.84. The van der Waals surface area contributed by atoms with Crippen molar-refractivity contribution >= 4 is 11.8 Å². The number of rotatable bonds is 6. The van der Waals surface area contributed by atoms with Crippen LogP contribution in [0.1, 0.15) is 50.4 Å². The lowest BCUT2D eigenvalue weighted by molar-refractivity contribution is 0.0696. The van der Waals surface area contributed by atoms with Crippen molar-refractivity contribution in [3.8, 4) is 0 Å². The van der Waals surface area contributed by atoms with Crippen LogP contribution in [0.15, 0.2) is 18.3 Å². The number of aromatic carboxylic acids is 1. The van der Waals surface area contributed by atoms with Crippen LogP contribution in [0.4, 0.5) is 5.82 Å². The molecule has 0 unspecified atom stereocenters. The van der Waals surface area contributed by atoms with E-state index in [1.54, 1.807) is 12.1 Å². The summed E-state index contributed by atoms with van der Waals surface area (Å²) in [6.45, 7) is 6.43. The van der Waals surface area contributed by atoms with Crippen molar-refractivity contribution in [2.45, 2.75) is 45.6 Å². The van der Waals surface area contributed by atoms with Gasteiger partial charge < -0.3 is 10.4 Å². The van der Waals surface area contributed by atoms with E-state index in [1.165, 1.54) is 6.20 Å². The highest BCUT2D eigenvalue weighted by Gasteiger charge is 2.23. The van der Waals surface area contributed by atoms with Crippen LogP contribution >= 0.6 is 0 Å². The molecule has 0 aromatic carbocycles. The van der Waals surface area contributed by atoms with Crippen LogP contribution < -0.4 is 5.32 Å². The number of aromatic nitrogens is 1. The number of hydrogen-bond donors (Lipinski definition) is 2. The first-order chi connectivity index (χ1) is 8.06. The van der Waals surface area contributed by atoms with Crippen LogP contribution in [0.2, 0.25) is 0 Å². The summed E-state index contributed by atoms with van der Waals surface area (Å²) in [5, 5.41) is 12.2. The van der Waals surface area contributed by atoms with Gasteiger partial charge in [0.15, 0.2) is 0 Å². The van der Waals surface area contributed by atoms with E-state index in [4.69, 9.17) is 5.11 Å². The van der Waals surface area contributed by atoms with Gasteiger partial charge in [-0.2, -0.15) is 0 Å². The normalized spacial score (nSPS) is 11.2. The predicted molar refractivity (Wildman–Crippen MR) is 68.4 cm³/mol. The van der Waals surface area contributed by atoms with Crippen LogP contribution in [0.3, 0.4) is 0 Å². The standard InChI is InChI=1S/C13H20N2O2/c1-4-13(5-2,6-3)15-11-8-7-10(9-14-11)12(16)17/h7-9H,4-6H2,1-3H3,(H,14,15)(H,16,17). The van der Waals surface area contributed by atoms with Gasteiger partial charge in [0.2, 0.25) is 0 Å². The minimum Gasteiger partial charge on any atom is -0.478 e. The molecule has 4 heteroatoms. The maximum Gasteiger partial charge on any atom is 0.337 e. The van der Waals surface area contributed by atoms with Gasteiger partial charge in [-0.3, -0.25) is 0 Å². The smallest absolute Gasteiger partial charge is 0.337 e. The molecule has 0 aliphatic carbocycles. The van der Waals surface area contributed by atoms with Crippen LogP contribution in [-0.2, 0) is 0 Å². The second-order valence-electron chi connectivity index (χ2n) is 4.20. The molecule has 0 aliphatic heterocycles. The first-order valence-corrected chi connectivity index (χ1v) is 6.04. The van der Waals surface area contributed by atoms with Crippen molar-refractivity contribution in [3.05, 3.63) is 23.9 Å². The second-order valence-corrected chi connectivity index (χ2v) is 4.20. The Morgan fingerprint density at radius 1 is 1.29 bits per heavy atom. The Morgan fingerprint density at radius 3 is 2.24 bits per heavy atom. The molecular formula is C13H20N2O2. The van der Waals surface area contributed by atoms with Gasteiger partial charge in [-0.25, -0.2) is 9.78 Å². The van der Waals surface area contributed by atoms with Gasteiger partial charge in [0, 0.05) is 11.7 Å². The molecule has 17 heavy (non-hydrogen) atoms. The molecule has 94 valence electrons. The van der Waals surface area contributed by atoms with Crippen molar-refractivity contribution in [3.63, 3.8) is 0 Å². The number of carboxylic acid groups (broad SMARTS) is 1. The van der Waals surface area contributed by atoms with Crippen LogP contribution in [0, 0.1) is 0 Å². The van der Waals surface area contributed by atoms with Gasteiger partial charge in [0.25, 0.3) is 0 Å². The van der Waals surface area contributed by atoms with Gasteiger partial charge in [-0.1, -0.05) is 20.8 Å². The molecule has 0 aliphatic rings. The summed E-state index contributed by atoms with van der Waals surface area (Å²) >= 11 is 0. The molecule has 2 N–H and O–H groups in total. The molecule has 4 nitrogen and oxygen atoms in total. The van der Waals surface area contributed by atoms with E-state index in [2.05, 4.69) is 31.1 Å². The fourth-order valence-corrected chi connectivity index (χ4v) is 1.88. The monoisotopic (exact) mass is 236 g/mol. The SMILES string of the molecule is CCC(CC)(CC)Nc1ccc(C(=O)O)cn1. The molecular weight excluding hydrogens is 216 g/mol. The average molecular weight is 236 g/mol. The van der Waals surface area contributed by atoms with Gasteiger partial charge >= 0.3 is 5.97 Å². The van der Waals surface area contributed by atoms with Gasteiger partial charge in [-0.05, 0) is 31.4 Å². The van der Waals surface area contributed by atoms with E-state index in [1.807, 2.05) is 0 Å². The number of pyridine rings is 1. The van der Waals surface area contributed by atoms with E-state index in [0.29, 0.717) is 0 Å². The molecule has 0 saturated carbocycles. The van der Waals surface area contributed by atoms with Crippen LogP contribution in [0.25, 0.3) is 0 Å². The Kier molecular flexibility index (Phi) is 4.49. The average Bonchev–Trinajstić information content (AvgIpc) is 2.37. The quantitative estimate of drug-likeness (QED) is 0.796. The number of nitrogens with one attached hydrogen (secondary N) is 1. The number of carbonyl (C=O) groups is 1. The van der Waals surface area contributed by atoms with Crippen LogP contribution in [-0.4, -0.2) is 21.6 Å². The third-order valence-corrected chi connectivity index (χ3v) is 3.43. The Hall–Kier alpha value is -1.58. The van der Waals surface area contributed by atoms with E-state index in [9.17, 15) is 4.79 Å². The molecule has 0 atom stereocenters. The van der Waals surface area contributed by atoms with Crippen molar-refractivity contribution in [2.24, 2.45) is 0 Å². The number of nitrogens with zero attached hydrogens (tertiary/aromatic N) is 1. The minimum atomic E-state index is -0.947. The zero-order valence-corrected chi connectivity index (χ0v) is 10.7. The Morgan fingerprint density at radius 2 is 1.88 bits per heavy atom. The first-order valence-electron chi connectivity index (χ1n) is 6.04. The van der Waals surface area contributed by atoms with Crippen molar-refractivity contribution in [1.82, 2.24) is 4.98 Å². The van der Waals surface area contributed by atoms with E-state index >= 15 is 0 Å². The van der Waals surface area contributed by atoms with E-state index in [0.717, 1.165) is 25.1 Å². The summed E-state index contributed by atoms with van der Waals surface area (Å²) in [4.78, 5) is 14.8. The fraction of sp³-hybridized carbons (Fsp3) is 0.538. The molecule has 1 heterocycles. The third kappa shape index (κ3) is 3.19. The summed E-state index contributed by atoms with van der Waals surface area (Å²) < 4.78 is 0. The summed E-state index contributed by atoms with van der Waals surface area (Å²) in [7, 11) is 0. The Labute approximate surface area is 102 Å². The minimum absolute atomic E-state index is 0.0533. The highest BCUT2D eigenvalue weighted by molar-refractivity contribution is 5.87. The zero-order chi connectivity index (χ0) is 12.9. The summed E-state index contributed by atoms with van der Waals surface area (Å²) in [6.07, 6.45) is 4.43. The second kappa shape index (κ2) is 5.66. The molecule has 0 amide bonds. The van der Waals surface area contributed by atoms with Crippen LogP contribution in [0.5, 0.6) is 0 Å². The summed E-state index contributed by atoms with van der Waals surface area (Å²) in [6, 6.07) is 3.29. The number of anilines is 1. The summed E-state index contributed by atoms with van der Waals surface area (Å²) in [5.74, 6) is -0.211. The first kappa shape index (κ1) is 13.5. The van der Waals surface area contributed by atoms with Crippen molar-refractivity contribution < 1.29 is 9.90 Å². The molecule has 1 aromatic rings. The maximum atomic E-state index is 10.7. The zero-order valence-electron chi connectivity index (χ0n) is 10.7. The fourth-order valence-electron chi connectivity index (χ4n) is 1.88. The molecule has 0 bridgehead atoms. The molecule has 1 rings (SSSR count). The summed E-state index contributed by atoms with van der Waals surface area (Å²) in [5.41, 5.74) is 0.267. The molecule has 1 aromatic heterocycles. The maximum absolute atomic E-state index is 10.7. The van der Waals surface area contributed by atoms with Gasteiger partial charge in [-0.15, -0.1) is 0 Å². The van der Waals surface area contributed by atoms with Crippen molar-refractivity contribution in [2.75, 3.05) is 5.32 Å². The lowest BCUT2D eigenvalue weighted by Gasteiger charge is -2.32. The Bertz CT molecular complexity index is 361. The van der Waals surface area contributed by atoms with Gasteiger partial charge in [0.05, 0.1) is 5.56 Å². The lowest BCUT2D eigenvalue weighted by Crippen LogP contribution is -2.36. The highest BCUT2D eigenvalue weighted by atomic mass is 16.4. The van der Waals surface area contributed by atoms with E-state index in [-0.39, 0.29) is 11.1 Å². The largest absolute Gasteiger partial charge is 0.478 e. The number of hydrogen-bond acceptors (Lipinski definition) is 3. The molecule has 0 radical (unpaired) electrons. The number of carboxylic acids is 1. The van der Waals surface area contributed by atoms with Gasteiger partial charge in [0.1, 0.15) is 5.82 Å². The molecule has 0 fully saturated rings. The molecule has 0 spiro atoms. The predicted octanol–water partition coefficient (Wildman–Crippen LogP) is 3.16. The topological polar surface area (TPSA) is 62.2 Å².